The number of unbranched alkanes of at least 4 members (excludes halogenated alkanes) is 1. The van der Waals surface area contributed by atoms with Gasteiger partial charge >= 0.3 is 0 Å². The summed E-state index contributed by atoms with van der Waals surface area (Å²) in [6.45, 7) is 5.00. The number of rotatable bonds is 7. The summed E-state index contributed by atoms with van der Waals surface area (Å²) in [5.74, 6) is 0.279. The minimum Gasteiger partial charge on any atom is -0.375 e. The average molecular weight is 304 g/mol. The summed E-state index contributed by atoms with van der Waals surface area (Å²) >= 11 is 0. The summed E-state index contributed by atoms with van der Waals surface area (Å²) < 4.78 is 32.5. The largest absolute Gasteiger partial charge is 0.375 e. The molecule has 0 bridgehead atoms. The van der Waals surface area contributed by atoms with Crippen LogP contribution in [0.15, 0.2) is 0 Å². The van der Waals surface area contributed by atoms with Gasteiger partial charge in [0.25, 0.3) is 0 Å². The molecule has 1 aliphatic carbocycles. The number of nitrogens with zero attached hydrogens (tertiary/aromatic N) is 1. The number of sulfonamides is 1. The Bertz CT molecular complexity index is 384. The molecule has 2 atom stereocenters. The third-order valence-corrected chi connectivity index (χ3v) is 6.27. The van der Waals surface area contributed by atoms with Crippen molar-refractivity contribution in [2.24, 2.45) is 0 Å². The second-order valence-electron chi connectivity index (χ2n) is 5.75. The van der Waals surface area contributed by atoms with Crippen LogP contribution in [-0.4, -0.2) is 56.9 Å². The third kappa shape index (κ3) is 4.16. The lowest BCUT2D eigenvalue weighted by Crippen LogP contribution is -2.55. The molecule has 2 unspecified atom stereocenters. The Labute approximate surface area is 123 Å². The van der Waals surface area contributed by atoms with Gasteiger partial charge in [0.05, 0.1) is 24.5 Å². The summed E-state index contributed by atoms with van der Waals surface area (Å²) in [4.78, 5) is 0. The molecule has 0 radical (unpaired) electrons. The standard InChI is InChI=1S/C14H28N2O3S/c1-2-15-9-5-6-12-20(17,18)16-10-11-19-14-8-4-3-7-13(14)16/h13-15H,2-12H2,1H3. The van der Waals surface area contributed by atoms with Crippen molar-refractivity contribution in [3.63, 3.8) is 0 Å². The molecule has 20 heavy (non-hydrogen) atoms. The first-order valence-corrected chi connectivity index (χ1v) is 9.58. The average Bonchev–Trinajstić information content (AvgIpc) is 2.46. The van der Waals surface area contributed by atoms with Crippen LogP contribution in [-0.2, 0) is 14.8 Å². The number of morpholine rings is 1. The molecule has 1 saturated carbocycles. The summed E-state index contributed by atoms with van der Waals surface area (Å²) in [6, 6.07) is 0.0938. The maximum absolute atomic E-state index is 12.5. The number of hydrogen-bond donors (Lipinski definition) is 1. The molecule has 2 aliphatic rings. The Hall–Kier alpha value is -0.170. The predicted molar refractivity (Wildman–Crippen MR) is 80.3 cm³/mol. The van der Waals surface area contributed by atoms with Crippen LogP contribution >= 0.6 is 0 Å². The van der Waals surface area contributed by atoms with Crippen LogP contribution in [0.1, 0.15) is 45.4 Å². The fourth-order valence-corrected chi connectivity index (χ4v) is 5.04. The molecule has 0 aromatic rings. The Morgan fingerprint density at radius 1 is 1.25 bits per heavy atom. The highest BCUT2D eigenvalue weighted by Gasteiger charge is 2.39. The first-order chi connectivity index (χ1) is 9.65. The van der Waals surface area contributed by atoms with E-state index >= 15 is 0 Å². The molecule has 0 aromatic carbocycles. The summed E-state index contributed by atoms with van der Waals surface area (Å²) in [5, 5.41) is 3.23. The van der Waals surface area contributed by atoms with E-state index in [4.69, 9.17) is 4.74 Å². The normalized spacial score (nSPS) is 28.2. The molecule has 1 heterocycles. The van der Waals surface area contributed by atoms with Crippen LogP contribution in [0.5, 0.6) is 0 Å². The van der Waals surface area contributed by atoms with Crippen molar-refractivity contribution in [1.82, 2.24) is 9.62 Å². The minimum atomic E-state index is -3.12. The van der Waals surface area contributed by atoms with Gasteiger partial charge in [-0.05, 0) is 38.8 Å². The van der Waals surface area contributed by atoms with Gasteiger partial charge in [-0.1, -0.05) is 19.8 Å². The van der Waals surface area contributed by atoms with Gasteiger partial charge in [-0.15, -0.1) is 0 Å². The number of nitrogens with one attached hydrogen (secondary N) is 1. The van der Waals surface area contributed by atoms with E-state index in [2.05, 4.69) is 12.2 Å². The summed E-state index contributed by atoms with van der Waals surface area (Å²) in [7, 11) is -3.12. The van der Waals surface area contributed by atoms with Crippen molar-refractivity contribution < 1.29 is 13.2 Å². The smallest absolute Gasteiger partial charge is 0.214 e. The van der Waals surface area contributed by atoms with E-state index in [9.17, 15) is 8.42 Å². The third-order valence-electron chi connectivity index (χ3n) is 4.29. The van der Waals surface area contributed by atoms with Crippen LogP contribution in [0.25, 0.3) is 0 Å². The SMILES string of the molecule is CCNCCCCS(=O)(=O)N1CCOC2CCCCC21. The molecule has 1 N–H and O–H groups in total. The second-order valence-corrected chi connectivity index (χ2v) is 7.79. The quantitative estimate of drug-likeness (QED) is 0.721. The van der Waals surface area contributed by atoms with E-state index in [0.717, 1.165) is 51.6 Å². The topological polar surface area (TPSA) is 58.6 Å². The zero-order valence-corrected chi connectivity index (χ0v) is 13.3. The Kier molecular flexibility index (Phi) is 6.26. The molecule has 2 rings (SSSR count). The summed E-state index contributed by atoms with van der Waals surface area (Å²) in [5.41, 5.74) is 0. The summed E-state index contributed by atoms with van der Waals surface area (Å²) in [6.07, 6.45) is 6.05. The number of hydrogen-bond acceptors (Lipinski definition) is 4. The van der Waals surface area contributed by atoms with Crippen molar-refractivity contribution in [1.29, 1.82) is 0 Å². The molecule has 6 heteroatoms. The molecular weight excluding hydrogens is 276 g/mol. The predicted octanol–water partition coefficient (Wildman–Crippen LogP) is 1.35. The highest BCUT2D eigenvalue weighted by molar-refractivity contribution is 7.89. The van der Waals surface area contributed by atoms with E-state index in [1.165, 1.54) is 0 Å². The molecule has 118 valence electrons. The molecule has 0 amide bonds. The number of fused-ring (bicyclic) bond motifs is 1. The van der Waals surface area contributed by atoms with Crippen molar-refractivity contribution >= 4 is 10.0 Å². The van der Waals surface area contributed by atoms with Crippen molar-refractivity contribution in [2.45, 2.75) is 57.6 Å². The molecule has 0 spiro atoms. The lowest BCUT2D eigenvalue weighted by molar-refractivity contribution is -0.0586. The lowest BCUT2D eigenvalue weighted by Gasteiger charge is -2.42. The van der Waals surface area contributed by atoms with E-state index in [1.807, 2.05) is 0 Å². The van der Waals surface area contributed by atoms with Gasteiger partial charge in [0, 0.05) is 6.54 Å². The molecule has 2 fully saturated rings. The zero-order chi connectivity index (χ0) is 14.4. The van der Waals surface area contributed by atoms with Gasteiger partial charge in [-0.2, -0.15) is 4.31 Å². The van der Waals surface area contributed by atoms with E-state index < -0.39 is 10.0 Å². The molecule has 0 aromatic heterocycles. The highest BCUT2D eigenvalue weighted by Crippen LogP contribution is 2.30. The highest BCUT2D eigenvalue weighted by atomic mass is 32.2. The fraction of sp³-hybridized carbons (Fsp3) is 1.00. The van der Waals surface area contributed by atoms with Gasteiger partial charge in [0.2, 0.25) is 10.0 Å². The van der Waals surface area contributed by atoms with Gasteiger partial charge in [0.15, 0.2) is 0 Å². The first kappa shape index (κ1) is 16.2. The van der Waals surface area contributed by atoms with E-state index in [-0.39, 0.29) is 17.9 Å². The van der Waals surface area contributed by atoms with Crippen LogP contribution in [0, 0.1) is 0 Å². The second kappa shape index (κ2) is 7.73. The maximum Gasteiger partial charge on any atom is 0.214 e. The van der Waals surface area contributed by atoms with Gasteiger partial charge in [0.1, 0.15) is 0 Å². The molecule has 1 saturated heterocycles. The molecular formula is C14H28N2O3S. The van der Waals surface area contributed by atoms with Crippen molar-refractivity contribution in [3.8, 4) is 0 Å². The minimum absolute atomic E-state index is 0.0938. The Morgan fingerprint density at radius 2 is 2.05 bits per heavy atom. The van der Waals surface area contributed by atoms with Crippen molar-refractivity contribution in [2.75, 3.05) is 32.0 Å². The monoisotopic (exact) mass is 304 g/mol. The first-order valence-electron chi connectivity index (χ1n) is 7.97. The fourth-order valence-electron chi connectivity index (χ4n) is 3.23. The van der Waals surface area contributed by atoms with Crippen LogP contribution < -0.4 is 5.32 Å². The molecule has 5 nitrogen and oxygen atoms in total. The van der Waals surface area contributed by atoms with Gasteiger partial charge in [-0.25, -0.2) is 8.42 Å². The number of ether oxygens (including phenoxy) is 1. The van der Waals surface area contributed by atoms with Gasteiger partial charge < -0.3 is 10.1 Å². The maximum atomic E-state index is 12.5. The Morgan fingerprint density at radius 3 is 2.85 bits per heavy atom. The van der Waals surface area contributed by atoms with Crippen LogP contribution in [0.2, 0.25) is 0 Å². The van der Waals surface area contributed by atoms with Gasteiger partial charge in [-0.3, -0.25) is 0 Å². The van der Waals surface area contributed by atoms with Crippen molar-refractivity contribution in [3.05, 3.63) is 0 Å². The Balaban J connectivity index is 1.87. The lowest BCUT2D eigenvalue weighted by atomic mass is 9.91. The van der Waals surface area contributed by atoms with Crippen LogP contribution in [0.3, 0.4) is 0 Å². The zero-order valence-electron chi connectivity index (χ0n) is 12.5. The van der Waals surface area contributed by atoms with Crippen LogP contribution in [0.4, 0.5) is 0 Å². The van der Waals surface area contributed by atoms with E-state index in [0.29, 0.717) is 13.2 Å². The molecule has 1 aliphatic heterocycles. The van der Waals surface area contributed by atoms with E-state index in [1.54, 1.807) is 4.31 Å².